The van der Waals surface area contributed by atoms with Gasteiger partial charge < -0.3 is 9.47 Å². The van der Waals surface area contributed by atoms with E-state index in [-0.39, 0.29) is 6.10 Å². The molecule has 0 saturated heterocycles. The van der Waals surface area contributed by atoms with Crippen molar-refractivity contribution in [1.82, 2.24) is 0 Å². The van der Waals surface area contributed by atoms with Crippen molar-refractivity contribution < 1.29 is 9.47 Å². The number of methoxy groups -OCH3 is 1. The Morgan fingerprint density at radius 3 is 2.27 bits per heavy atom. The van der Waals surface area contributed by atoms with E-state index in [1.165, 1.54) is 0 Å². The lowest BCUT2D eigenvalue weighted by Gasteiger charge is -2.19. The number of rotatable bonds is 6. The Morgan fingerprint density at radius 2 is 1.91 bits per heavy atom. The van der Waals surface area contributed by atoms with Crippen LogP contribution < -0.4 is 0 Å². The van der Waals surface area contributed by atoms with Gasteiger partial charge in [-0.25, -0.2) is 0 Å². The lowest BCUT2D eigenvalue weighted by Crippen LogP contribution is -2.25. The molecule has 0 aliphatic carbocycles. The highest BCUT2D eigenvalue weighted by Gasteiger charge is 2.08. The van der Waals surface area contributed by atoms with Crippen LogP contribution in [0, 0.1) is 0 Å². The summed E-state index contributed by atoms with van der Waals surface area (Å²) < 4.78 is 10.7. The van der Waals surface area contributed by atoms with Crippen molar-refractivity contribution in [1.29, 1.82) is 0 Å². The van der Waals surface area contributed by atoms with Crippen LogP contribution in [0.4, 0.5) is 0 Å². The van der Waals surface area contributed by atoms with Gasteiger partial charge in [-0.15, -0.1) is 0 Å². The quantitative estimate of drug-likeness (QED) is 0.532. The molecule has 0 N–H and O–H groups in total. The second kappa shape index (κ2) is 6.68. The van der Waals surface area contributed by atoms with Crippen LogP contribution in [0.15, 0.2) is 0 Å². The van der Waals surface area contributed by atoms with E-state index in [4.69, 9.17) is 9.47 Å². The first-order valence-electron chi connectivity index (χ1n) is 4.38. The second-order valence-corrected chi connectivity index (χ2v) is 2.84. The minimum Gasteiger partial charge on any atom is -0.382 e. The Bertz CT molecular complexity index is 88.2. The maximum atomic E-state index is 5.66. The summed E-state index contributed by atoms with van der Waals surface area (Å²) in [4.78, 5) is 0. The molecule has 0 aromatic heterocycles. The molecule has 3 heteroatoms. The molecule has 0 fully saturated rings. The highest BCUT2D eigenvalue weighted by molar-refractivity contribution is 6.10. The SMILES string of the molecule is B[C@@H](CC)O[C@@H](CC)COC. The van der Waals surface area contributed by atoms with E-state index in [9.17, 15) is 0 Å². The summed E-state index contributed by atoms with van der Waals surface area (Å²) in [6.45, 7) is 4.96. The van der Waals surface area contributed by atoms with Gasteiger partial charge in [0.15, 0.2) is 0 Å². The van der Waals surface area contributed by atoms with Crippen molar-refractivity contribution >= 4 is 7.85 Å². The van der Waals surface area contributed by atoms with Gasteiger partial charge in [0.05, 0.1) is 12.7 Å². The van der Waals surface area contributed by atoms with E-state index < -0.39 is 0 Å². The Morgan fingerprint density at radius 1 is 1.27 bits per heavy atom. The minimum atomic E-state index is 0.273. The van der Waals surface area contributed by atoms with Crippen LogP contribution >= 0.6 is 0 Å². The molecule has 0 aliphatic rings. The Balaban J connectivity index is 3.49. The van der Waals surface area contributed by atoms with Crippen LogP contribution in [0.25, 0.3) is 0 Å². The summed E-state index contributed by atoms with van der Waals surface area (Å²) in [5, 5.41) is 0. The van der Waals surface area contributed by atoms with Crippen LogP contribution in [-0.2, 0) is 9.47 Å². The van der Waals surface area contributed by atoms with Crippen molar-refractivity contribution in [3.05, 3.63) is 0 Å². The molecule has 2 atom stereocenters. The standard InChI is InChI=1S/C8H19BO2/c1-4-7(6-10-3)11-8(9)5-2/h7-8H,4-6,9H2,1-3H3/t7-,8+/m0/s1. The predicted octanol–water partition coefficient (Wildman–Crippen LogP) is 0.797. The summed E-state index contributed by atoms with van der Waals surface area (Å²) in [6.07, 6.45) is 2.37. The van der Waals surface area contributed by atoms with Crippen LogP contribution in [-0.4, -0.2) is 33.7 Å². The lowest BCUT2D eigenvalue weighted by molar-refractivity contribution is -0.0199. The van der Waals surface area contributed by atoms with Gasteiger partial charge in [0, 0.05) is 13.1 Å². The molecule has 0 radical (unpaired) electrons. The molecule has 66 valence electrons. The fraction of sp³-hybridized carbons (Fsp3) is 1.00. The lowest BCUT2D eigenvalue weighted by atomic mass is 9.97. The van der Waals surface area contributed by atoms with Gasteiger partial charge in [0.25, 0.3) is 0 Å². The maximum absolute atomic E-state index is 5.66. The van der Waals surface area contributed by atoms with Crippen molar-refractivity contribution in [3.8, 4) is 0 Å². The molecular formula is C8H19BO2. The molecule has 11 heavy (non-hydrogen) atoms. The van der Waals surface area contributed by atoms with Crippen LogP contribution in [0.5, 0.6) is 0 Å². The zero-order chi connectivity index (χ0) is 8.69. The molecule has 0 spiro atoms. The summed E-state index contributed by atoms with van der Waals surface area (Å²) in [7, 11) is 3.81. The molecule has 0 rings (SSSR count). The molecule has 2 nitrogen and oxygen atoms in total. The van der Waals surface area contributed by atoms with E-state index >= 15 is 0 Å². The van der Waals surface area contributed by atoms with Crippen LogP contribution in [0.1, 0.15) is 26.7 Å². The minimum absolute atomic E-state index is 0.273. The van der Waals surface area contributed by atoms with Crippen LogP contribution in [0.3, 0.4) is 0 Å². The third kappa shape index (κ3) is 5.28. The summed E-state index contributed by atoms with van der Waals surface area (Å²) >= 11 is 0. The first kappa shape index (κ1) is 11.0. The fourth-order valence-electron chi connectivity index (χ4n) is 0.864. The van der Waals surface area contributed by atoms with Crippen molar-refractivity contribution in [2.45, 2.75) is 38.8 Å². The van der Waals surface area contributed by atoms with Gasteiger partial charge in [-0.1, -0.05) is 13.8 Å². The molecule has 0 heterocycles. The highest BCUT2D eigenvalue weighted by atomic mass is 16.5. The zero-order valence-electron chi connectivity index (χ0n) is 8.09. The fourth-order valence-corrected chi connectivity index (χ4v) is 0.864. The summed E-state index contributed by atoms with van der Waals surface area (Å²) in [5.74, 6) is 0. The average Bonchev–Trinajstić information content (AvgIpc) is 2.03. The van der Waals surface area contributed by atoms with E-state index in [1.807, 2.05) is 0 Å². The Hall–Kier alpha value is -0.0151. The van der Waals surface area contributed by atoms with Gasteiger partial charge in [-0.3, -0.25) is 0 Å². The Labute approximate surface area is 70.7 Å². The number of hydrogen-bond donors (Lipinski definition) is 0. The molecule has 0 saturated carbocycles. The normalized spacial score (nSPS) is 16.3. The van der Waals surface area contributed by atoms with Crippen molar-refractivity contribution in [2.24, 2.45) is 0 Å². The smallest absolute Gasteiger partial charge is 0.139 e. The van der Waals surface area contributed by atoms with Gasteiger partial charge in [0.1, 0.15) is 7.85 Å². The van der Waals surface area contributed by atoms with Gasteiger partial charge in [0.2, 0.25) is 0 Å². The largest absolute Gasteiger partial charge is 0.382 e. The highest BCUT2D eigenvalue weighted by Crippen LogP contribution is 2.03. The van der Waals surface area contributed by atoms with Crippen molar-refractivity contribution in [2.75, 3.05) is 13.7 Å². The molecule has 0 amide bonds. The number of ether oxygens (including phenoxy) is 2. The molecule has 0 aromatic carbocycles. The molecule has 0 bridgehead atoms. The van der Waals surface area contributed by atoms with E-state index in [0.29, 0.717) is 12.6 Å². The van der Waals surface area contributed by atoms with Crippen molar-refractivity contribution in [3.63, 3.8) is 0 Å². The van der Waals surface area contributed by atoms with Gasteiger partial charge in [-0.2, -0.15) is 0 Å². The second-order valence-electron chi connectivity index (χ2n) is 2.84. The first-order chi connectivity index (χ1) is 5.24. The first-order valence-corrected chi connectivity index (χ1v) is 4.38. The third-order valence-corrected chi connectivity index (χ3v) is 1.81. The van der Waals surface area contributed by atoms with E-state index in [1.54, 1.807) is 7.11 Å². The van der Waals surface area contributed by atoms with E-state index in [0.717, 1.165) is 12.8 Å². The molecular weight excluding hydrogens is 139 g/mol. The maximum Gasteiger partial charge on any atom is 0.139 e. The Kier molecular flexibility index (Phi) is 6.67. The topological polar surface area (TPSA) is 18.5 Å². The average molecular weight is 158 g/mol. The van der Waals surface area contributed by atoms with Gasteiger partial charge in [-0.05, 0) is 12.8 Å². The monoisotopic (exact) mass is 158 g/mol. The molecule has 0 unspecified atom stereocenters. The summed E-state index contributed by atoms with van der Waals surface area (Å²) in [5.41, 5.74) is 0. The van der Waals surface area contributed by atoms with Crippen LogP contribution in [0.2, 0.25) is 0 Å². The zero-order valence-corrected chi connectivity index (χ0v) is 8.09. The number of hydrogen-bond acceptors (Lipinski definition) is 2. The molecule has 0 aromatic rings. The molecule has 0 aliphatic heterocycles. The predicted molar refractivity (Wildman–Crippen MR) is 49.7 cm³/mol. The summed E-state index contributed by atoms with van der Waals surface area (Å²) in [6, 6.07) is 0.357. The third-order valence-electron chi connectivity index (χ3n) is 1.81. The van der Waals surface area contributed by atoms with Gasteiger partial charge >= 0.3 is 0 Å². The van der Waals surface area contributed by atoms with E-state index in [2.05, 4.69) is 21.7 Å².